The van der Waals surface area contributed by atoms with Gasteiger partial charge in [0.25, 0.3) is 0 Å². The molecular weight excluding hydrogens is 196 g/mol. The maximum absolute atomic E-state index is 3.66. The van der Waals surface area contributed by atoms with Crippen molar-refractivity contribution < 1.29 is 0 Å². The molecule has 96 valence electrons. The van der Waals surface area contributed by atoms with E-state index in [1.165, 1.54) is 25.8 Å². The molecule has 1 fully saturated rings. The van der Waals surface area contributed by atoms with Crippen LogP contribution in [0.1, 0.15) is 47.0 Å². The van der Waals surface area contributed by atoms with Gasteiger partial charge in [0.1, 0.15) is 0 Å². The SMILES string of the molecule is CCC(CC)NCC(C)N(C)CC1CC1C. The van der Waals surface area contributed by atoms with Crippen molar-refractivity contribution in [2.75, 3.05) is 20.1 Å². The van der Waals surface area contributed by atoms with Gasteiger partial charge in [-0.05, 0) is 45.1 Å². The van der Waals surface area contributed by atoms with Gasteiger partial charge in [-0.3, -0.25) is 0 Å². The van der Waals surface area contributed by atoms with E-state index in [-0.39, 0.29) is 0 Å². The summed E-state index contributed by atoms with van der Waals surface area (Å²) in [5, 5.41) is 3.66. The predicted molar refractivity (Wildman–Crippen MR) is 71.7 cm³/mol. The third kappa shape index (κ3) is 4.42. The Morgan fingerprint density at radius 2 is 1.88 bits per heavy atom. The molecule has 1 rings (SSSR count). The molecule has 0 spiro atoms. The van der Waals surface area contributed by atoms with Crippen LogP contribution in [-0.2, 0) is 0 Å². The molecule has 1 aliphatic carbocycles. The molecule has 0 bridgehead atoms. The van der Waals surface area contributed by atoms with Gasteiger partial charge in [-0.15, -0.1) is 0 Å². The van der Waals surface area contributed by atoms with Gasteiger partial charge >= 0.3 is 0 Å². The van der Waals surface area contributed by atoms with E-state index in [0.717, 1.165) is 18.4 Å². The lowest BCUT2D eigenvalue weighted by molar-refractivity contribution is 0.231. The Morgan fingerprint density at radius 3 is 2.31 bits per heavy atom. The summed E-state index contributed by atoms with van der Waals surface area (Å²) < 4.78 is 0. The average molecular weight is 226 g/mol. The van der Waals surface area contributed by atoms with Crippen molar-refractivity contribution in [2.24, 2.45) is 11.8 Å². The molecule has 1 N–H and O–H groups in total. The van der Waals surface area contributed by atoms with Crippen LogP contribution in [0.15, 0.2) is 0 Å². The summed E-state index contributed by atoms with van der Waals surface area (Å²) in [5.74, 6) is 1.95. The molecule has 2 nitrogen and oxygen atoms in total. The van der Waals surface area contributed by atoms with E-state index in [2.05, 4.69) is 45.0 Å². The van der Waals surface area contributed by atoms with E-state index in [4.69, 9.17) is 0 Å². The predicted octanol–water partition coefficient (Wildman–Crippen LogP) is 2.74. The van der Waals surface area contributed by atoms with Gasteiger partial charge in [-0.1, -0.05) is 20.8 Å². The van der Waals surface area contributed by atoms with Gasteiger partial charge in [0, 0.05) is 25.2 Å². The van der Waals surface area contributed by atoms with Crippen LogP contribution < -0.4 is 5.32 Å². The molecule has 1 saturated carbocycles. The van der Waals surface area contributed by atoms with Crippen LogP contribution in [0, 0.1) is 11.8 Å². The number of rotatable bonds is 8. The normalized spacial score (nSPS) is 26.4. The zero-order valence-electron chi connectivity index (χ0n) is 11.8. The Kier molecular flexibility index (Phi) is 5.77. The van der Waals surface area contributed by atoms with Crippen molar-refractivity contribution >= 4 is 0 Å². The van der Waals surface area contributed by atoms with Crippen molar-refractivity contribution in [3.63, 3.8) is 0 Å². The van der Waals surface area contributed by atoms with E-state index in [0.29, 0.717) is 12.1 Å². The summed E-state index contributed by atoms with van der Waals surface area (Å²) >= 11 is 0. The van der Waals surface area contributed by atoms with Crippen LogP contribution in [0.4, 0.5) is 0 Å². The average Bonchev–Trinajstić information content (AvgIpc) is 2.95. The smallest absolute Gasteiger partial charge is 0.0189 e. The fraction of sp³-hybridized carbons (Fsp3) is 1.00. The monoisotopic (exact) mass is 226 g/mol. The standard InChI is InChI=1S/C14H30N2/c1-6-14(7-2)15-9-12(4)16(5)10-13-8-11(13)3/h11-15H,6-10H2,1-5H3. The summed E-state index contributed by atoms with van der Waals surface area (Å²) in [6.45, 7) is 11.6. The van der Waals surface area contributed by atoms with E-state index in [9.17, 15) is 0 Å². The number of nitrogens with zero attached hydrogens (tertiary/aromatic N) is 1. The fourth-order valence-corrected chi connectivity index (χ4v) is 2.27. The molecule has 2 heteroatoms. The number of hydrogen-bond acceptors (Lipinski definition) is 2. The van der Waals surface area contributed by atoms with Gasteiger partial charge < -0.3 is 10.2 Å². The first-order chi connectivity index (χ1) is 7.58. The molecule has 0 aromatic rings. The van der Waals surface area contributed by atoms with Crippen LogP contribution in [0.5, 0.6) is 0 Å². The first kappa shape index (κ1) is 14.0. The minimum absolute atomic E-state index is 0.661. The van der Waals surface area contributed by atoms with Crippen LogP contribution in [0.3, 0.4) is 0 Å². The third-order valence-corrected chi connectivity index (χ3v) is 4.24. The summed E-state index contributed by atoms with van der Waals surface area (Å²) in [4.78, 5) is 2.52. The topological polar surface area (TPSA) is 15.3 Å². The molecule has 0 aromatic carbocycles. The van der Waals surface area contributed by atoms with Crippen LogP contribution >= 0.6 is 0 Å². The molecule has 0 radical (unpaired) electrons. The number of hydrogen-bond donors (Lipinski definition) is 1. The maximum Gasteiger partial charge on any atom is 0.0189 e. The Morgan fingerprint density at radius 1 is 1.31 bits per heavy atom. The second-order valence-electron chi connectivity index (χ2n) is 5.68. The van der Waals surface area contributed by atoms with Crippen molar-refractivity contribution in [1.29, 1.82) is 0 Å². The van der Waals surface area contributed by atoms with E-state index in [1.807, 2.05) is 0 Å². The zero-order chi connectivity index (χ0) is 12.1. The van der Waals surface area contributed by atoms with Crippen molar-refractivity contribution in [1.82, 2.24) is 10.2 Å². The minimum atomic E-state index is 0.661. The quantitative estimate of drug-likeness (QED) is 0.684. The second kappa shape index (κ2) is 6.61. The Balaban J connectivity index is 2.15. The van der Waals surface area contributed by atoms with Gasteiger partial charge in [0.15, 0.2) is 0 Å². The Labute approximate surface area is 102 Å². The molecule has 3 atom stereocenters. The first-order valence-electron chi connectivity index (χ1n) is 7.02. The molecule has 0 aliphatic heterocycles. The van der Waals surface area contributed by atoms with Gasteiger partial charge in [0.2, 0.25) is 0 Å². The van der Waals surface area contributed by atoms with Crippen LogP contribution in [-0.4, -0.2) is 37.1 Å². The van der Waals surface area contributed by atoms with Crippen molar-refractivity contribution in [3.8, 4) is 0 Å². The fourth-order valence-electron chi connectivity index (χ4n) is 2.27. The highest BCUT2D eigenvalue weighted by Gasteiger charge is 2.33. The number of likely N-dealkylation sites (N-methyl/N-ethyl adjacent to an activating group) is 1. The lowest BCUT2D eigenvalue weighted by Gasteiger charge is -2.27. The number of nitrogens with one attached hydrogen (secondary N) is 1. The summed E-state index contributed by atoms with van der Waals surface area (Å²) in [7, 11) is 2.27. The van der Waals surface area contributed by atoms with E-state index < -0.39 is 0 Å². The lowest BCUT2D eigenvalue weighted by atomic mass is 10.1. The Hall–Kier alpha value is -0.0800. The molecule has 3 unspecified atom stereocenters. The van der Waals surface area contributed by atoms with Crippen LogP contribution in [0.25, 0.3) is 0 Å². The van der Waals surface area contributed by atoms with Gasteiger partial charge in [0.05, 0.1) is 0 Å². The van der Waals surface area contributed by atoms with Gasteiger partial charge in [-0.2, -0.15) is 0 Å². The zero-order valence-corrected chi connectivity index (χ0v) is 11.8. The van der Waals surface area contributed by atoms with Crippen LogP contribution in [0.2, 0.25) is 0 Å². The molecule has 16 heavy (non-hydrogen) atoms. The highest BCUT2D eigenvalue weighted by atomic mass is 15.2. The molecule has 0 amide bonds. The highest BCUT2D eigenvalue weighted by molar-refractivity contribution is 4.85. The molecular formula is C14H30N2. The van der Waals surface area contributed by atoms with E-state index in [1.54, 1.807) is 0 Å². The minimum Gasteiger partial charge on any atom is -0.312 e. The highest BCUT2D eigenvalue weighted by Crippen LogP contribution is 2.38. The lowest BCUT2D eigenvalue weighted by Crippen LogP contribution is -2.42. The molecule has 0 aromatic heterocycles. The van der Waals surface area contributed by atoms with E-state index >= 15 is 0 Å². The second-order valence-corrected chi connectivity index (χ2v) is 5.68. The summed E-state index contributed by atoms with van der Waals surface area (Å²) in [5.41, 5.74) is 0. The third-order valence-electron chi connectivity index (χ3n) is 4.24. The molecule has 0 saturated heterocycles. The molecule has 0 heterocycles. The van der Waals surface area contributed by atoms with Crippen molar-refractivity contribution in [2.45, 2.75) is 59.0 Å². The first-order valence-corrected chi connectivity index (χ1v) is 7.02. The van der Waals surface area contributed by atoms with Crippen molar-refractivity contribution in [3.05, 3.63) is 0 Å². The summed E-state index contributed by atoms with van der Waals surface area (Å²) in [6, 6.07) is 1.36. The summed E-state index contributed by atoms with van der Waals surface area (Å²) in [6.07, 6.45) is 3.93. The van der Waals surface area contributed by atoms with Gasteiger partial charge in [-0.25, -0.2) is 0 Å². The Bertz CT molecular complexity index is 189. The largest absolute Gasteiger partial charge is 0.312 e. The molecule has 1 aliphatic rings. The maximum atomic E-state index is 3.66.